The minimum Gasteiger partial charge on any atom is -0.303 e. The number of carbonyl (C=O) groups excluding carboxylic acids is 1. The topological polar surface area (TPSA) is 17.1 Å². The van der Waals surface area contributed by atoms with E-state index in [0.29, 0.717) is 12.3 Å². The molecule has 1 aliphatic heterocycles. The van der Waals surface area contributed by atoms with Crippen LogP contribution in [0.15, 0.2) is 60.7 Å². The fourth-order valence-corrected chi connectivity index (χ4v) is 15.1. The lowest BCUT2D eigenvalue weighted by Crippen LogP contribution is -2.69. The van der Waals surface area contributed by atoms with Gasteiger partial charge >= 0.3 is 0 Å². The first-order valence-electron chi connectivity index (χ1n) is 9.45. The highest BCUT2D eigenvalue weighted by Gasteiger charge is 2.54. The number of benzene rings is 2. The second-order valence-electron chi connectivity index (χ2n) is 7.37. The Labute approximate surface area is 167 Å². The number of aldehydes is 1. The van der Waals surface area contributed by atoms with Gasteiger partial charge in [-0.15, -0.1) is 23.5 Å². The zero-order valence-corrected chi connectivity index (χ0v) is 18.3. The van der Waals surface area contributed by atoms with Crippen molar-refractivity contribution in [1.82, 2.24) is 0 Å². The highest BCUT2D eigenvalue weighted by atomic mass is 32.2. The first-order chi connectivity index (χ1) is 12.6. The van der Waals surface area contributed by atoms with Crippen molar-refractivity contribution < 1.29 is 4.79 Å². The number of carbonyl (C=O) groups is 1. The molecule has 1 fully saturated rings. The average molecular weight is 401 g/mol. The Bertz CT molecular complexity index is 659. The average Bonchev–Trinajstić information content (AvgIpc) is 2.69. The van der Waals surface area contributed by atoms with Gasteiger partial charge in [-0.2, -0.15) is 0 Å². The first-order valence-corrected chi connectivity index (χ1v) is 13.9. The van der Waals surface area contributed by atoms with Crippen molar-refractivity contribution in [2.45, 2.75) is 36.4 Å². The Kier molecular flexibility index (Phi) is 6.70. The van der Waals surface area contributed by atoms with Crippen LogP contribution in [-0.2, 0) is 4.79 Å². The molecule has 1 unspecified atom stereocenters. The van der Waals surface area contributed by atoms with E-state index in [9.17, 15) is 4.79 Å². The Hall–Kier alpha value is -0.973. The van der Waals surface area contributed by atoms with Gasteiger partial charge in [0.2, 0.25) is 0 Å². The maximum absolute atomic E-state index is 11.1. The van der Waals surface area contributed by atoms with E-state index in [-0.39, 0.29) is 3.70 Å². The fraction of sp³-hybridized carbons (Fsp3) is 0.409. The van der Waals surface area contributed by atoms with Crippen LogP contribution in [0.25, 0.3) is 0 Å². The molecule has 1 aliphatic rings. The van der Waals surface area contributed by atoms with Crippen LogP contribution in [-0.4, -0.2) is 29.6 Å². The van der Waals surface area contributed by atoms with Crippen LogP contribution in [0.4, 0.5) is 0 Å². The van der Waals surface area contributed by atoms with Gasteiger partial charge in [0.25, 0.3) is 0 Å². The van der Waals surface area contributed by atoms with Gasteiger partial charge in [-0.1, -0.05) is 84.5 Å². The second-order valence-corrected chi connectivity index (χ2v) is 15.4. The molecule has 0 bridgehead atoms. The number of thioether (sulfide) groups is 2. The van der Waals surface area contributed by atoms with Gasteiger partial charge < -0.3 is 4.79 Å². The fourth-order valence-electron chi connectivity index (χ4n) is 4.04. The highest BCUT2D eigenvalue weighted by Crippen LogP contribution is 2.52. The smallest absolute Gasteiger partial charge is 0.142 e. The standard InChI is InChI=1S/C22H28OS2Si/c1-19(14-15-23)18-22(24-16-9-17-25-22)26(2,20-10-5-3-6-11-20)21-12-7-4-8-13-21/h3-8,10-13,15,19H,9,14,16-18H2,1-2H3. The summed E-state index contributed by atoms with van der Waals surface area (Å²) >= 11 is 4.34. The van der Waals surface area contributed by atoms with Crippen molar-refractivity contribution >= 4 is 48.3 Å². The Balaban J connectivity index is 2.15. The highest BCUT2D eigenvalue weighted by molar-refractivity contribution is 8.21. The molecule has 0 saturated carbocycles. The lowest BCUT2D eigenvalue weighted by atomic mass is 10.1. The van der Waals surface area contributed by atoms with E-state index in [1.165, 1.54) is 28.3 Å². The minimum atomic E-state index is -2.03. The Morgan fingerprint density at radius 1 is 1.00 bits per heavy atom. The molecule has 0 amide bonds. The molecule has 2 aromatic carbocycles. The van der Waals surface area contributed by atoms with Gasteiger partial charge in [-0.3, -0.25) is 0 Å². The van der Waals surface area contributed by atoms with Crippen LogP contribution in [0.2, 0.25) is 6.55 Å². The van der Waals surface area contributed by atoms with Crippen molar-refractivity contribution in [3.05, 3.63) is 60.7 Å². The molecule has 0 N–H and O–H groups in total. The number of hydrogen-bond acceptors (Lipinski definition) is 3. The van der Waals surface area contributed by atoms with Gasteiger partial charge in [0.1, 0.15) is 14.4 Å². The lowest BCUT2D eigenvalue weighted by molar-refractivity contribution is -0.108. The third-order valence-corrected chi connectivity index (χ3v) is 16.5. The van der Waals surface area contributed by atoms with E-state index < -0.39 is 8.07 Å². The largest absolute Gasteiger partial charge is 0.303 e. The first kappa shape index (κ1) is 19.8. The van der Waals surface area contributed by atoms with E-state index >= 15 is 0 Å². The van der Waals surface area contributed by atoms with E-state index in [0.717, 1.165) is 12.7 Å². The van der Waals surface area contributed by atoms with E-state index in [2.05, 4.69) is 97.7 Å². The molecule has 3 rings (SSSR count). The van der Waals surface area contributed by atoms with Crippen molar-refractivity contribution in [2.24, 2.45) is 5.92 Å². The van der Waals surface area contributed by atoms with Crippen LogP contribution >= 0.6 is 23.5 Å². The molecule has 1 atom stereocenters. The van der Waals surface area contributed by atoms with Gasteiger partial charge in [-0.25, -0.2) is 0 Å². The molecule has 26 heavy (non-hydrogen) atoms. The lowest BCUT2D eigenvalue weighted by Gasteiger charge is -2.50. The van der Waals surface area contributed by atoms with Crippen LogP contribution in [0.5, 0.6) is 0 Å². The predicted molar refractivity (Wildman–Crippen MR) is 120 cm³/mol. The zero-order chi connectivity index (χ0) is 18.5. The van der Waals surface area contributed by atoms with Crippen molar-refractivity contribution in [3.63, 3.8) is 0 Å². The third kappa shape index (κ3) is 3.83. The summed E-state index contributed by atoms with van der Waals surface area (Å²) in [4.78, 5) is 11.1. The normalized spacial score (nSPS) is 18.2. The molecule has 0 aliphatic carbocycles. The molecule has 4 heteroatoms. The molecule has 1 saturated heterocycles. The quantitative estimate of drug-likeness (QED) is 0.499. The summed E-state index contributed by atoms with van der Waals surface area (Å²) in [6, 6.07) is 22.3. The maximum atomic E-state index is 11.1. The summed E-state index contributed by atoms with van der Waals surface area (Å²) in [5, 5.41) is 3.01. The second kappa shape index (κ2) is 8.81. The van der Waals surface area contributed by atoms with Crippen LogP contribution in [0.1, 0.15) is 26.2 Å². The molecule has 1 nitrogen and oxygen atoms in total. The zero-order valence-electron chi connectivity index (χ0n) is 15.7. The van der Waals surface area contributed by atoms with Crippen LogP contribution < -0.4 is 10.4 Å². The summed E-state index contributed by atoms with van der Waals surface area (Å²) in [6.07, 6.45) is 4.15. The third-order valence-electron chi connectivity index (χ3n) is 5.54. The molecule has 0 aromatic heterocycles. The Morgan fingerprint density at radius 3 is 1.96 bits per heavy atom. The molecule has 1 heterocycles. The van der Waals surface area contributed by atoms with Crippen LogP contribution in [0.3, 0.4) is 0 Å². The molecule has 0 spiro atoms. The van der Waals surface area contributed by atoms with Crippen molar-refractivity contribution in [2.75, 3.05) is 11.5 Å². The maximum Gasteiger partial charge on any atom is 0.142 e. The predicted octanol–water partition coefficient (Wildman–Crippen LogP) is 4.60. The monoisotopic (exact) mass is 400 g/mol. The van der Waals surface area contributed by atoms with E-state index in [1.54, 1.807) is 0 Å². The summed E-state index contributed by atoms with van der Waals surface area (Å²) in [5.74, 6) is 2.87. The van der Waals surface area contributed by atoms with E-state index in [1.807, 2.05) is 0 Å². The van der Waals surface area contributed by atoms with Crippen molar-refractivity contribution in [1.29, 1.82) is 0 Å². The summed E-state index contributed by atoms with van der Waals surface area (Å²) in [7, 11) is -2.03. The SMILES string of the molecule is CC(CC=O)CC1([Si](C)(c2ccccc2)c2ccccc2)SCCCS1. The van der Waals surface area contributed by atoms with Gasteiger partial charge in [-0.05, 0) is 30.3 Å². The molecule has 0 radical (unpaired) electrons. The number of hydrogen-bond donors (Lipinski definition) is 0. The summed E-state index contributed by atoms with van der Waals surface area (Å²) in [6.45, 7) is 4.80. The van der Waals surface area contributed by atoms with Gasteiger partial charge in [0.05, 0.1) is 3.70 Å². The van der Waals surface area contributed by atoms with E-state index in [4.69, 9.17) is 0 Å². The molecular weight excluding hydrogens is 372 g/mol. The van der Waals surface area contributed by atoms with Crippen molar-refractivity contribution in [3.8, 4) is 0 Å². The van der Waals surface area contributed by atoms with Gasteiger partial charge in [0, 0.05) is 6.42 Å². The summed E-state index contributed by atoms with van der Waals surface area (Å²) < 4.78 is 0.177. The summed E-state index contributed by atoms with van der Waals surface area (Å²) in [5.41, 5.74) is 0. The molecule has 2 aromatic rings. The molecular formula is C22H28OS2Si. The molecule has 138 valence electrons. The minimum absolute atomic E-state index is 0.177. The number of rotatable bonds is 7. The van der Waals surface area contributed by atoms with Gasteiger partial charge in [0.15, 0.2) is 0 Å². The Morgan fingerprint density at radius 2 is 1.50 bits per heavy atom. The van der Waals surface area contributed by atoms with Crippen LogP contribution in [0, 0.1) is 5.92 Å².